The van der Waals surface area contributed by atoms with E-state index in [1.54, 1.807) is 46.1 Å². The highest BCUT2D eigenvalue weighted by Crippen LogP contribution is 2.35. The number of nitrogens with two attached hydrogens (primary N) is 2. The number of halogens is 1. The molecule has 0 unspecified atom stereocenters. The Morgan fingerprint density at radius 3 is 1.52 bits per heavy atom. The Bertz CT molecular complexity index is 2870. The van der Waals surface area contributed by atoms with Gasteiger partial charge in [-0.2, -0.15) is 0 Å². The summed E-state index contributed by atoms with van der Waals surface area (Å²) in [7, 11) is -0.406. The number of benzene rings is 2. The van der Waals surface area contributed by atoms with Crippen molar-refractivity contribution in [2.75, 3.05) is 24.7 Å². The van der Waals surface area contributed by atoms with Crippen molar-refractivity contribution in [3.05, 3.63) is 108 Å². The zero-order valence-electron chi connectivity index (χ0n) is 37.8. The summed E-state index contributed by atoms with van der Waals surface area (Å²) < 4.78 is 43.0. The van der Waals surface area contributed by atoms with Gasteiger partial charge in [-0.15, -0.1) is 0 Å². The predicted molar refractivity (Wildman–Crippen MR) is 261 cm³/mol. The molecule has 25 heteroatoms. The molecule has 8 aromatic rings. The lowest BCUT2D eigenvalue weighted by molar-refractivity contribution is -0.0471. The van der Waals surface area contributed by atoms with Crippen molar-refractivity contribution >= 4 is 92.8 Å². The highest BCUT2D eigenvalue weighted by Gasteiger charge is 2.46. The van der Waals surface area contributed by atoms with Crippen LogP contribution in [-0.2, 0) is 23.2 Å². The van der Waals surface area contributed by atoms with Crippen LogP contribution in [0.3, 0.4) is 0 Å². The van der Waals surface area contributed by atoms with E-state index in [2.05, 4.69) is 51.9 Å². The van der Waals surface area contributed by atoms with Crippen LogP contribution in [0.5, 0.6) is 11.5 Å². The SMILES string of the molecule is CB1OB(C)OB(C)O1.Cc1cnc2cc(OC[C@H]3O[C@@H](n4ccc5c(N)ncnc54)[C@H](O)[C@@H]3O)ccc2c1.Nc1ncnc2c1ccn2[C@@H]1O[C@H](COc2ccc3cc(Br)cnc3c2)[C@@H](O)[C@H]1O. The lowest BCUT2D eigenvalue weighted by atomic mass is 9.74. The van der Waals surface area contributed by atoms with Crippen molar-refractivity contribution in [2.24, 2.45) is 0 Å². The number of aliphatic hydroxyl groups is 4. The van der Waals surface area contributed by atoms with Gasteiger partial charge in [-0.05, 0) is 97.4 Å². The van der Waals surface area contributed by atoms with Gasteiger partial charge >= 0.3 is 21.4 Å². The molecule has 0 amide bonds. The van der Waals surface area contributed by atoms with Crippen LogP contribution in [0.4, 0.5) is 11.6 Å². The number of nitrogen functional groups attached to an aromatic ring is 2. The van der Waals surface area contributed by atoms with Crippen molar-refractivity contribution in [2.45, 2.75) is 76.5 Å². The summed E-state index contributed by atoms with van der Waals surface area (Å²) in [6, 6.07) is 18.7. The summed E-state index contributed by atoms with van der Waals surface area (Å²) in [4.78, 5) is 25.1. The minimum atomic E-state index is -1.15. The smallest absolute Gasteiger partial charge is 0.426 e. The topological polar surface area (TPSA) is 285 Å². The maximum atomic E-state index is 10.6. The summed E-state index contributed by atoms with van der Waals surface area (Å²) in [5, 5.41) is 45.4. The fraction of sp³-hybridized carbons (Fsp3) is 0.318. The fourth-order valence-corrected chi connectivity index (χ4v) is 8.66. The summed E-state index contributed by atoms with van der Waals surface area (Å²) in [6.07, 6.45) is 1.99. The average molecular weight is 1010 g/mol. The molecule has 8 atom stereocenters. The Morgan fingerprint density at radius 2 is 1.04 bits per heavy atom. The molecule has 0 spiro atoms. The molecule has 356 valence electrons. The van der Waals surface area contributed by atoms with Gasteiger partial charge in [-0.1, -0.05) is 0 Å². The second-order valence-electron chi connectivity index (χ2n) is 16.6. The van der Waals surface area contributed by atoms with Crippen molar-refractivity contribution in [3.8, 4) is 11.5 Å². The van der Waals surface area contributed by atoms with Gasteiger partial charge in [0.1, 0.15) is 96.9 Å². The molecule has 9 heterocycles. The first-order valence-electron chi connectivity index (χ1n) is 22.0. The minimum absolute atomic E-state index is 0.0626. The first-order chi connectivity index (χ1) is 33.2. The highest BCUT2D eigenvalue weighted by atomic mass is 79.9. The van der Waals surface area contributed by atoms with Gasteiger partial charge < -0.3 is 73.7 Å². The summed E-state index contributed by atoms with van der Waals surface area (Å²) in [5.74, 6) is 1.88. The van der Waals surface area contributed by atoms with Crippen LogP contribution >= 0.6 is 15.9 Å². The second kappa shape index (κ2) is 20.5. The van der Waals surface area contributed by atoms with Crippen molar-refractivity contribution in [1.82, 2.24) is 39.0 Å². The quantitative estimate of drug-likeness (QED) is 0.117. The Hall–Kier alpha value is -5.99. The zero-order valence-corrected chi connectivity index (χ0v) is 39.3. The normalized spacial score (nSPS) is 23.6. The monoisotopic (exact) mass is 1000 g/mol. The van der Waals surface area contributed by atoms with Crippen LogP contribution in [0, 0.1) is 6.92 Å². The van der Waals surface area contributed by atoms with Crippen LogP contribution in [0.25, 0.3) is 43.9 Å². The average Bonchev–Trinajstić information content (AvgIpc) is 4.09. The molecule has 0 saturated carbocycles. The van der Waals surface area contributed by atoms with Crippen LogP contribution in [0.1, 0.15) is 18.0 Å². The first kappa shape index (κ1) is 48.1. The van der Waals surface area contributed by atoms with E-state index in [4.69, 9.17) is 44.1 Å². The Morgan fingerprint density at radius 1 is 0.594 bits per heavy atom. The Balaban J connectivity index is 0.000000146. The number of anilines is 2. The molecule has 0 radical (unpaired) electrons. The minimum Gasteiger partial charge on any atom is -0.491 e. The maximum Gasteiger partial charge on any atom is 0.426 e. The molecule has 11 rings (SSSR count). The molecular formula is C44H48B3BrN10O11. The summed E-state index contributed by atoms with van der Waals surface area (Å²) >= 11 is 3.40. The van der Waals surface area contributed by atoms with E-state index in [1.807, 2.05) is 69.9 Å². The number of nitrogens with zero attached hydrogens (tertiary/aromatic N) is 8. The van der Waals surface area contributed by atoms with Crippen LogP contribution < -0.4 is 20.9 Å². The molecule has 0 bridgehead atoms. The van der Waals surface area contributed by atoms with Gasteiger partial charge in [-0.25, -0.2) is 19.9 Å². The third-order valence-electron chi connectivity index (χ3n) is 11.7. The number of hydrogen-bond donors (Lipinski definition) is 6. The third kappa shape index (κ3) is 10.5. The second-order valence-corrected chi connectivity index (χ2v) is 17.6. The number of aromatic nitrogens is 8. The van der Waals surface area contributed by atoms with Gasteiger partial charge in [0.25, 0.3) is 0 Å². The van der Waals surface area contributed by atoms with Gasteiger partial charge in [-0.3, -0.25) is 9.97 Å². The van der Waals surface area contributed by atoms with Gasteiger partial charge in [0, 0.05) is 52.2 Å². The fourth-order valence-electron chi connectivity index (χ4n) is 8.31. The highest BCUT2D eigenvalue weighted by molar-refractivity contribution is 9.10. The number of ether oxygens (including phenoxy) is 4. The predicted octanol–water partition coefficient (Wildman–Crippen LogP) is 3.99. The van der Waals surface area contributed by atoms with Crippen molar-refractivity contribution in [1.29, 1.82) is 0 Å². The molecule has 0 aliphatic carbocycles. The number of fused-ring (bicyclic) bond motifs is 4. The van der Waals surface area contributed by atoms with Crippen molar-refractivity contribution in [3.63, 3.8) is 0 Å². The van der Waals surface area contributed by atoms with Gasteiger partial charge in [0.05, 0.1) is 21.8 Å². The number of rotatable bonds is 8. The van der Waals surface area contributed by atoms with Crippen LogP contribution in [-0.4, -0.2) is 131 Å². The third-order valence-corrected chi connectivity index (χ3v) is 12.1. The molecule has 6 aromatic heterocycles. The molecule has 69 heavy (non-hydrogen) atoms. The zero-order chi connectivity index (χ0) is 48.5. The maximum absolute atomic E-state index is 10.6. The molecule has 2 aromatic carbocycles. The summed E-state index contributed by atoms with van der Waals surface area (Å²) in [5.41, 5.74) is 15.5. The number of aliphatic hydroxyl groups excluding tert-OH is 4. The van der Waals surface area contributed by atoms with E-state index in [0.29, 0.717) is 45.2 Å². The van der Waals surface area contributed by atoms with E-state index in [9.17, 15) is 20.4 Å². The molecule has 8 N–H and O–H groups in total. The largest absolute Gasteiger partial charge is 0.491 e. The van der Waals surface area contributed by atoms with E-state index < -0.39 is 49.1 Å². The van der Waals surface area contributed by atoms with Gasteiger partial charge in [0.15, 0.2) is 12.5 Å². The lowest BCUT2D eigenvalue weighted by Crippen LogP contribution is -2.44. The van der Waals surface area contributed by atoms with Crippen molar-refractivity contribution < 1.29 is 53.1 Å². The molecule has 3 saturated heterocycles. The molecular weight excluding hydrogens is 957 g/mol. The van der Waals surface area contributed by atoms with Crippen LogP contribution in [0.15, 0.2) is 103 Å². The lowest BCUT2D eigenvalue weighted by Gasteiger charge is -2.25. The molecule has 3 aliphatic rings. The Kier molecular flexibility index (Phi) is 14.3. The first-order valence-corrected chi connectivity index (χ1v) is 22.8. The number of pyridine rings is 2. The molecule has 3 aliphatic heterocycles. The van der Waals surface area contributed by atoms with E-state index in [-0.39, 0.29) is 34.6 Å². The Labute approximate surface area is 404 Å². The van der Waals surface area contributed by atoms with E-state index in [1.165, 1.54) is 12.7 Å². The van der Waals surface area contributed by atoms with E-state index >= 15 is 0 Å². The number of hydrogen-bond acceptors (Lipinski definition) is 19. The standard InChI is InChI=1S/C21H21N5O4.C20H18BrN5O4.C3H9B3O3/c1-11-6-12-2-3-13(7-15(12)23-8-11)29-9-16-17(27)18(28)21(30-16)26-5-4-14-19(22)24-10-25-20(14)26;21-11-5-10-1-2-12(6-14(10)23-7-11)29-8-15-16(27)17(28)20(30-15)26-4-3-13-18(22)24-9-25-19(13)26;1-4-7-5(2)9-6(3)8-4/h2-8,10,16-18,21,27-28H,9H2,1H3,(H2,22,24,25);1-7,9,15-17,20,27-28H,8H2,(H2,22,24,25);1-3H3/t16-,17-,18-,21-;15-,16-,17-,20-;/m11./s1. The number of aryl methyl sites for hydroxylation is 1. The summed E-state index contributed by atoms with van der Waals surface area (Å²) in [6.45, 7) is 7.70. The molecule has 21 nitrogen and oxygen atoms in total. The van der Waals surface area contributed by atoms with Gasteiger partial charge in [0.2, 0.25) is 0 Å². The van der Waals surface area contributed by atoms with Crippen LogP contribution in [0.2, 0.25) is 20.5 Å². The molecule has 3 fully saturated rings. The van der Waals surface area contributed by atoms with E-state index in [0.717, 1.165) is 31.8 Å².